The lowest BCUT2D eigenvalue weighted by Crippen LogP contribution is -2.12. The van der Waals surface area contributed by atoms with Gasteiger partial charge in [0.1, 0.15) is 12.7 Å². The maximum Gasteiger partial charge on any atom is 0.138 e. The van der Waals surface area contributed by atoms with E-state index in [9.17, 15) is 0 Å². The number of aromatic nitrogens is 3. The second-order valence-electron chi connectivity index (χ2n) is 3.44. The van der Waals surface area contributed by atoms with Crippen molar-refractivity contribution in [2.45, 2.75) is 13.0 Å². The van der Waals surface area contributed by atoms with Crippen LogP contribution in [0.25, 0.3) is 5.69 Å². The number of hydrogen-bond donors (Lipinski definition) is 1. The third kappa shape index (κ3) is 2.05. The summed E-state index contributed by atoms with van der Waals surface area (Å²) in [7, 11) is 1.95. The Hall–Kier alpha value is -1.68. The fourth-order valence-electron chi connectivity index (χ4n) is 1.42. The van der Waals surface area contributed by atoms with Gasteiger partial charge in [0.25, 0.3) is 0 Å². The number of rotatable bonds is 3. The van der Waals surface area contributed by atoms with E-state index in [4.69, 9.17) is 0 Å². The van der Waals surface area contributed by atoms with Gasteiger partial charge in [0.15, 0.2) is 0 Å². The first-order chi connectivity index (χ1) is 7.31. The van der Waals surface area contributed by atoms with Crippen molar-refractivity contribution in [1.82, 2.24) is 20.1 Å². The standard InChI is InChI=1S/C11H14N4/c1-9(12-2)10-3-5-11(6-4-10)15-8-13-7-14-15/h3-9,12H,1-2H3/t9-/m0/s1. The van der Waals surface area contributed by atoms with Crippen molar-refractivity contribution in [3.8, 4) is 5.69 Å². The third-order valence-corrected chi connectivity index (χ3v) is 2.51. The molecule has 1 atom stereocenters. The first kappa shape index (κ1) is 9.86. The van der Waals surface area contributed by atoms with Crippen LogP contribution in [0, 0.1) is 0 Å². The molecule has 1 aromatic heterocycles. The lowest BCUT2D eigenvalue weighted by atomic mass is 10.1. The van der Waals surface area contributed by atoms with Gasteiger partial charge in [0.2, 0.25) is 0 Å². The van der Waals surface area contributed by atoms with Crippen molar-refractivity contribution >= 4 is 0 Å². The Morgan fingerprint density at radius 1 is 1.27 bits per heavy atom. The van der Waals surface area contributed by atoms with Gasteiger partial charge in [-0.05, 0) is 31.7 Å². The minimum absolute atomic E-state index is 0.370. The largest absolute Gasteiger partial charge is 0.313 e. The van der Waals surface area contributed by atoms with Gasteiger partial charge in [0, 0.05) is 6.04 Å². The molecule has 4 nitrogen and oxygen atoms in total. The molecule has 0 radical (unpaired) electrons. The minimum atomic E-state index is 0.370. The Kier molecular flexibility index (Phi) is 2.78. The normalized spacial score (nSPS) is 12.7. The molecule has 0 saturated heterocycles. The van der Waals surface area contributed by atoms with E-state index < -0.39 is 0 Å². The summed E-state index contributed by atoms with van der Waals surface area (Å²) in [5.41, 5.74) is 2.29. The SMILES string of the molecule is CN[C@@H](C)c1ccc(-n2cncn2)cc1. The van der Waals surface area contributed by atoms with Crippen molar-refractivity contribution in [1.29, 1.82) is 0 Å². The topological polar surface area (TPSA) is 42.7 Å². The quantitative estimate of drug-likeness (QED) is 0.821. The molecule has 0 spiro atoms. The van der Waals surface area contributed by atoms with E-state index in [1.807, 2.05) is 19.2 Å². The van der Waals surface area contributed by atoms with Gasteiger partial charge in [-0.25, -0.2) is 9.67 Å². The molecule has 4 heteroatoms. The average Bonchev–Trinajstić information content (AvgIpc) is 2.82. The number of benzene rings is 1. The summed E-state index contributed by atoms with van der Waals surface area (Å²) in [4.78, 5) is 3.91. The molecule has 0 unspecified atom stereocenters. The van der Waals surface area contributed by atoms with Crippen LogP contribution in [0.15, 0.2) is 36.9 Å². The molecule has 2 rings (SSSR count). The first-order valence-corrected chi connectivity index (χ1v) is 4.93. The Morgan fingerprint density at radius 2 is 2.00 bits per heavy atom. The lowest BCUT2D eigenvalue weighted by molar-refractivity contribution is 0.652. The van der Waals surface area contributed by atoms with E-state index in [2.05, 4.69) is 34.5 Å². The highest BCUT2D eigenvalue weighted by Crippen LogP contribution is 2.14. The third-order valence-electron chi connectivity index (χ3n) is 2.51. The highest BCUT2D eigenvalue weighted by molar-refractivity contribution is 5.34. The zero-order valence-corrected chi connectivity index (χ0v) is 8.88. The molecule has 0 bridgehead atoms. The van der Waals surface area contributed by atoms with Crippen LogP contribution in [0.3, 0.4) is 0 Å². The monoisotopic (exact) mass is 202 g/mol. The summed E-state index contributed by atoms with van der Waals surface area (Å²) in [6.45, 7) is 2.13. The van der Waals surface area contributed by atoms with Crippen molar-refractivity contribution in [3.63, 3.8) is 0 Å². The molecule has 1 heterocycles. The lowest BCUT2D eigenvalue weighted by Gasteiger charge is -2.10. The van der Waals surface area contributed by atoms with Gasteiger partial charge in [-0.15, -0.1) is 0 Å². The molecule has 78 valence electrons. The Morgan fingerprint density at radius 3 is 2.53 bits per heavy atom. The predicted molar refractivity (Wildman–Crippen MR) is 58.8 cm³/mol. The number of hydrogen-bond acceptors (Lipinski definition) is 3. The van der Waals surface area contributed by atoms with Gasteiger partial charge in [0.05, 0.1) is 5.69 Å². The van der Waals surface area contributed by atoms with Crippen molar-refractivity contribution in [2.75, 3.05) is 7.05 Å². The number of nitrogens with zero attached hydrogens (tertiary/aromatic N) is 3. The van der Waals surface area contributed by atoms with Crippen LogP contribution >= 0.6 is 0 Å². The predicted octanol–water partition coefficient (Wildman–Crippen LogP) is 1.55. The fourth-order valence-corrected chi connectivity index (χ4v) is 1.42. The van der Waals surface area contributed by atoms with Gasteiger partial charge < -0.3 is 5.32 Å². The van der Waals surface area contributed by atoms with Gasteiger partial charge in [-0.1, -0.05) is 12.1 Å². The van der Waals surface area contributed by atoms with E-state index in [1.54, 1.807) is 11.0 Å². The second-order valence-corrected chi connectivity index (χ2v) is 3.44. The van der Waals surface area contributed by atoms with Crippen LogP contribution in [0.2, 0.25) is 0 Å². The molecule has 0 saturated carbocycles. The second kappa shape index (κ2) is 4.23. The Bertz CT molecular complexity index is 405. The molecule has 0 aliphatic rings. The summed E-state index contributed by atoms with van der Waals surface area (Å²) in [6.07, 6.45) is 3.22. The van der Waals surface area contributed by atoms with Gasteiger partial charge >= 0.3 is 0 Å². The summed E-state index contributed by atoms with van der Waals surface area (Å²) >= 11 is 0. The molecule has 0 fully saturated rings. The van der Waals surface area contributed by atoms with E-state index in [0.717, 1.165) is 5.69 Å². The van der Waals surface area contributed by atoms with Gasteiger partial charge in [-0.2, -0.15) is 5.10 Å². The van der Waals surface area contributed by atoms with E-state index in [0.29, 0.717) is 6.04 Å². The molecule has 0 amide bonds. The minimum Gasteiger partial charge on any atom is -0.313 e. The smallest absolute Gasteiger partial charge is 0.138 e. The van der Waals surface area contributed by atoms with Crippen LogP contribution in [-0.2, 0) is 0 Å². The van der Waals surface area contributed by atoms with Crippen LogP contribution in [0.4, 0.5) is 0 Å². The summed E-state index contributed by atoms with van der Waals surface area (Å²) in [6, 6.07) is 8.64. The molecule has 0 aliphatic carbocycles. The molecular weight excluding hydrogens is 188 g/mol. The highest BCUT2D eigenvalue weighted by atomic mass is 15.3. The van der Waals surface area contributed by atoms with E-state index in [1.165, 1.54) is 11.9 Å². The van der Waals surface area contributed by atoms with Crippen LogP contribution < -0.4 is 5.32 Å². The first-order valence-electron chi connectivity index (χ1n) is 4.93. The summed E-state index contributed by atoms with van der Waals surface area (Å²) in [5, 5.41) is 7.27. The Labute approximate surface area is 89.0 Å². The van der Waals surface area contributed by atoms with Crippen LogP contribution in [-0.4, -0.2) is 21.8 Å². The maximum absolute atomic E-state index is 4.07. The molecule has 1 aromatic carbocycles. The molecular formula is C11H14N4. The molecule has 2 aromatic rings. The van der Waals surface area contributed by atoms with Crippen LogP contribution in [0.1, 0.15) is 18.5 Å². The Balaban J connectivity index is 2.25. The molecule has 0 aliphatic heterocycles. The maximum atomic E-state index is 4.07. The van der Waals surface area contributed by atoms with Crippen LogP contribution in [0.5, 0.6) is 0 Å². The van der Waals surface area contributed by atoms with E-state index >= 15 is 0 Å². The van der Waals surface area contributed by atoms with Crippen molar-refractivity contribution < 1.29 is 0 Å². The molecule has 1 N–H and O–H groups in total. The summed E-state index contributed by atoms with van der Waals surface area (Å²) in [5.74, 6) is 0. The molecule has 15 heavy (non-hydrogen) atoms. The van der Waals surface area contributed by atoms with Crippen molar-refractivity contribution in [2.24, 2.45) is 0 Å². The number of nitrogens with one attached hydrogen (secondary N) is 1. The van der Waals surface area contributed by atoms with Crippen molar-refractivity contribution in [3.05, 3.63) is 42.5 Å². The van der Waals surface area contributed by atoms with Gasteiger partial charge in [-0.3, -0.25) is 0 Å². The highest BCUT2D eigenvalue weighted by Gasteiger charge is 2.02. The fraction of sp³-hybridized carbons (Fsp3) is 0.273. The average molecular weight is 202 g/mol. The van der Waals surface area contributed by atoms with E-state index in [-0.39, 0.29) is 0 Å². The summed E-state index contributed by atoms with van der Waals surface area (Å²) < 4.78 is 1.74. The zero-order valence-electron chi connectivity index (χ0n) is 8.88. The zero-order chi connectivity index (χ0) is 10.7.